The van der Waals surface area contributed by atoms with Crippen LogP contribution < -0.4 is 10.1 Å². The van der Waals surface area contributed by atoms with Crippen molar-refractivity contribution < 1.29 is 9.26 Å². The average molecular weight is 248 g/mol. The molecule has 0 aliphatic carbocycles. The fourth-order valence-corrected chi connectivity index (χ4v) is 1.51. The van der Waals surface area contributed by atoms with E-state index in [0.29, 0.717) is 25.0 Å². The SMILES string of the molecule is CCOc1cc(C)nc(NCc2cc(C)on2)n1. The topological polar surface area (TPSA) is 73.1 Å². The van der Waals surface area contributed by atoms with Gasteiger partial charge in [-0.1, -0.05) is 5.16 Å². The van der Waals surface area contributed by atoms with Gasteiger partial charge >= 0.3 is 0 Å². The van der Waals surface area contributed by atoms with E-state index in [2.05, 4.69) is 20.4 Å². The molecule has 2 aromatic rings. The highest BCUT2D eigenvalue weighted by atomic mass is 16.5. The molecule has 0 unspecified atom stereocenters. The van der Waals surface area contributed by atoms with Crippen molar-refractivity contribution in [2.75, 3.05) is 11.9 Å². The van der Waals surface area contributed by atoms with Gasteiger partial charge in [0.25, 0.3) is 0 Å². The smallest absolute Gasteiger partial charge is 0.226 e. The second-order valence-electron chi connectivity index (χ2n) is 3.89. The minimum Gasteiger partial charge on any atom is -0.478 e. The molecular formula is C12H16N4O2. The summed E-state index contributed by atoms with van der Waals surface area (Å²) in [6.45, 7) is 6.77. The van der Waals surface area contributed by atoms with Crippen molar-refractivity contribution in [2.45, 2.75) is 27.3 Å². The summed E-state index contributed by atoms with van der Waals surface area (Å²) >= 11 is 0. The Morgan fingerprint density at radius 3 is 2.78 bits per heavy atom. The highest BCUT2D eigenvalue weighted by molar-refractivity contribution is 5.31. The van der Waals surface area contributed by atoms with E-state index >= 15 is 0 Å². The van der Waals surface area contributed by atoms with Crippen LogP contribution >= 0.6 is 0 Å². The van der Waals surface area contributed by atoms with Gasteiger partial charge in [-0.05, 0) is 20.8 Å². The van der Waals surface area contributed by atoms with E-state index in [9.17, 15) is 0 Å². The lowest BCUT2D eigenvalue weighted by Gasteiger charge is -2.07. The number of hydrogen-bond donors (Lipinski definition) is 1. The van der Waals surface area contributed by atoms with Crippen LogP contribution in [0.3, 0.4) is 0 Å². The maximum absolute atomic E-state index is 5.36. The molecule has 0 aromatic carbocycles. The number of nitrogens with one attached hydrogen (secondary N) is 1. The molecule has 18 heavy (non-hydrogen) atoms. The van der Waals surface area contributed by atoms with Crippen LogP contribution in [0.25, 0.3) is 0 Å². The quantitative estimate of drug-likeness (QED) is 0.873. The van der Waals surface area contributed by atoms with Crippen molar-refractivity contribution in [3.63, 3.8) is 0 Å². The standard InChI is InChI=1S/C12H16N4O2/c1-4-17-11-5-8(2)14-12(15-11)13-7-10-6-9(3)18-16-10/h5-6H,4,7H2,1-3H3,(H,13,14,15). The number of hydrogen-bond acceptors (Lipinski definition) is 6. The van der Waals surface area contributed by atoms with Gasteiger partial charge < -0.3 is 14.6 Å². The first-order valence-corrected chi connectivity index (χ1v) is 5.82. The first kappa shape index (κ1) is 12.3. The summed E-state index contributed by atoms with van der Waals surface area (Å²) in [5.41, 5.74) is 1.67. The van der Waals surface area contributed by atoms with Gasteiger partial charge in [-0.25, -0.2) is 4.98 Å². The van der Waals surface area contributed by atoms with E-state index in [4.69, 9.17) is 9.26 Å². The summed E-state index contributed by atoms with van der Waals surface area (Å²) in [6, 6.07) is 3.67. The Labute approximate surface area is 105 Å². The number of rotatable bonds is 5. The zero-order valence-corrected chi connectivity index (χ0v) is 10.7. The second-order valence-corrected chi connectivity index (χ2v) is 3.89. The first-order valence-electron chi connectivity index (χ1n) is 5.82. The maximum Gasteiger partial charge on any atom is 0.226 e. The van der Waals surface area contributed by atoms with E-state index < -0.39 is 0 Å². The van der Waals surface area contributed by atoms with Crippen LogP contribution in [0, 0.1) is 13.8 Å². The van der Waals surface area contributed by atoms with Gasteiger partial charge in [0.15, 0.2) is 0 Å². The molecular weight excluding hydrogens is 232 g/mol. The second kappa shape index (κ2) is 5.48. The molecule has 2 rings (SSSR count). The molecule has 1 N–H and O–H groups in total. The van der Waals surface area contributed by atoms with E-state index in [-0.39, 0.29) is 0 Å². The molecule has 0 radical (unpaired) electrons. The molecule has 2 aromatic heterocycles. The zero-order valence-electron chi connectivity index (χ0n) is 10.7. The Morgan fingerprint density at radius 1 is 1.28 bits per heavy atom. The molecule has 0 aliphatic heterocycles. The molecule has 0 amide bonds. The summed E-state index contributed by atoms with van der Waals surface area (Å²) in [5.74, 6) is 1.88. The predicted octanol–water partition coefficient (Wildman–Crippen LogP) is 2.09. The summed E-state index contributed by atoms with van der Waals surface area (Å²) in [4.78, 5) is 8.52. The fraction of sp³-hybridized carbons (Fsp3) is 0.417. The number of ether oxygens (including phenoxy) is 1. The van der Waals surface area contributed by atoms with Gasteiger partial charge in [0.2, 0.25) is 11.8 Å². The average Bonchev–Trinajstić information content (AvgIpc) is 2.72. The lowest BCUT2D eigenvalue weighted by atomic mass is 10.4. The Kier molecular flexibility index (Phi) is 3.76. The summed E-state index contributed by atoms with van der Waals surface area (Å²) in [6.07, 6.45) is 0. The Hall–Kier alpha value is -2.11. The largest absolute Gasteiger partial charge is 0.478 e. The number of aryl methyl sites for hydroxylation is 2. The van der Waals surface area contributed by atoms with E-state index in [0.717, 1.165) is 17.1 Å². The monoisotopic (exact) mass is 248 g/mol. The van der Waals surface area contributed by atoms with Crippen LogP contribution in [0.15, 0.2) is 16.7 Å². The van der Waals surface area contributed by atoms with Gasteiger partial charge in [0.05, 0.1) is 13.2 Å². The van der Waals surface area contributed by atoms with Gasteiger partial charge in [0.1, 0.15) is 11.5 Å². The lowest BCUT2D eigenvalue weighted by Crippen LogP contribution is -2.06. The molecule has 0 spiro atoms. The summed E-state index contributed by atoms with van der Waals surface area (Å²) in [7, 11) is 0. The normalized spacial score (nSPS) is 10.4. The minimum atomic E-state index is 0.520. The van der Waals surface area contributed by atoms with Crippen molar-refractivity contribution in [3.05, 3.63) is 29.3 Å². The van der Waals surface area contributed by atoms with E-state index in [1.807, 2.05) is 26.8 Å². The minimum absolute atomic E-state index is 0.520. The highest BCUT2D eigenvalue weighted by Gasteiger charge is 2.04. The molecule has 0 saturated carbocycles. The molecule has 0 fully saturated rings. The third-order valence-electron chi connectivity index (χ3n) is 2.23. The van der Waals surface area contributed by atoms with Crippen molar-refractivity contribution in [3.8, 4) is 5.88 Å². The van der Waals surface area contributed by atoms with Gasteiger partial charge in [-0.3, -0.25) is 0 Å². The lowest BCUT2D eigenvalue weighted by molar-refractivity contribution is 0.326. The zero-order chi connectivity index (χ0) is 13.0. The molecule has 6 heteroatoms. The third kappa shape index (κ3) is 3.19. The van der Waals surface area contributed by atoms with Crippen LogP contribution in [-0.4, -0.2) is 21.7 Å². The number of anilines is 1. The Bertz CT molecular complexity index is 525. The molecule has 0 atom stereocenters. The van der Waals surface area contributed by atoms with Crippen LogP contribution in [0.5, 0.6) is 5.88 Å². The van der Waals surface area contributed by atoms with Gasteiger partial charge in [-0.2, -0.15) is 4.98 Å². The van der Waals surface area contributed by atoms with Crippen molar-refractivity contribution in [1.82, 2.24) is 15.1 Å². The van der Waals surface area contributed by atoms with Crippen LogP contribution in [0.4, 0.5) is 5.95 Å². The maximum atomic E-state index is 5.36. The van der Waals surface area contributed by atoms with Crippen LogP contribution in [0.2, 0.25) is 0 Å². The van der Waals surface area contributed by atoms with Crippen LogP contribution in [-0.2, 0) is 6.54 Å². The summed E-state index contributed by atoms with van der Waals surface area (Å²) in [5, 5.41) is 6.98. The predicted molar refractivity (Wildman–Crippen MR) is 66.5 cm³/mol. The van der Waals surface area contributed by atoms with E-state index in [1.54, 1.807) is 6.07 Å². The summed E-state index contributed by atoms with van der Waals surface area (Å²) < 4.78 is 10.3. The van der Waals surface area contributed by atoms with E-state index in [1.165, 1.54) is 0 Å². The molecule has 0 saturated heterocycles. The Morgan fingerprint density at radius 2 is 2.11 bits per heavy atom. The van der Waals surface area contributed by atoms with Crippen LogP contribution in [0.1, 0.15) is 24.1 Å². The van der Waals surface area contributed by atoms with Crippen molar-refractivity contribution in [2.24, 2.45) is 0 Å². The number of aromatic nitrogens is 3. The molecule has 0 aliphatic rings. The van der Waals surface area contributed by atoms with Gasteiger partial charge in [-0.15, -0.1) is 0 Å². The third-order valence-corrected chi connectivity index (χ3v) is 2.23. The molecule has 6 nitrogen and oxygen atoms in total. The first-order chi connectivity index (χ1) is 8.67. The number of nitrogens with zero attached hydrogens (tertiary/aromatic N) is 3. The molecule has 96 valence electrons. The van der Waals surface area contributed by atoms with Gasteiger partial charge in [0, 0.05) is 17.8 Å². The highest BCUT2D eigenvalue weighted by Crippen LogP contribution is 2.12. The molecule has 2 heterocycles. The fourth-order valence-electron chi connectivity index (χ4n) is 1.51. The van der Waals surface area contributed by atoms with Crippen molar-refractivity contribution in [1.29, 1.82) is 0 Å². The van der Waals surface area contributed by atoms with Crippen molar-refractivity contribution >= 4 is 5.95 Å². The Balaban J connectivity index is 2.04. The molecule has 0 bridgehead atoms.